The molecule has 0 spiro atoms. The Morgan fingerprint density at radius 1 is 1.00 bits per heavy atom. The summed E-state index contributed by atoms with van der Waals surface area (Å²) in [6.07, 6.45) is -0.142. The van der Waals surface area contributed by atoms with E-state index in [-0.39, 0.29) is 0 Å². The molecule has 7 rings (SSSR count). The summed E-state index contributed by atoms with van der Waals surface area (Å²) in [6.45, 7) is 7.73. The molecule has 0 atom stereocenters. The quantitative estimate of drug-likeness (QED) is 0.384. The molecule has 11 heteroatoms. The van der Waals surface area contributed by atoms with Crippen LogP contribution in [0.3, 0.4) is 0 Å². The minimum atomic E-state index is -4.47. The summed E-state index contributed by atoms with van der Waals surface area (Å²) < 4.78 is 47.8. The first-order valence-electron chi connectivity index (χ1n) is 13.2. The number of H-pyrrole nitrogens is 1. The van der Waals surface area contributed by atoms with E-state index in [0.717, 1.165) is 60.9 Å². The number of hydrogen-bond acceptors (Lipinski definition) is 7. The maximum Gasteiger partial charge on any atom is 0.416 e. The van der Waals surface area contributed by atoms with E-state index in [1.807, 2.05) is 0 Å². The van der Waals surface area contributed by atoms with Crippen molar-refractivity contribution in [2.24, 2.45) is 0 Å². The molecule has 0 unspecified atom stereocenters. The van der Waals surface area contributed by atoms with Gasteiger partial charge in [0.25, 0.3) is 0 Å². The van der Waals surface area contributed by atoms with Crippen LogP contribution in [0.25, 0.3) is 32.5 Å². The summed E-state index contributed by atoms with van der Waals surface area (Å²) in [7, 11) is 0. The zero-order valence-corrected chi connectivity index (χ0v) is 21.7. The lowest BCUT2D eigenvalue weighted by atomic mass is 10.0. The van der Waals surface area contributed by atoms with Crippen LogP contribution in [-0.2, 0) is 17.5 Å². The van der Waals surface area contributed by atoms with E-state index in [1.54, 1.807) is 23.6 Å². The van der Waals surface area contributed by atoms with Gasteiger partial charge in [-0.2, -0.15) is 13.2 Å². The third-order valence-electron chi connectivity index (χ3n) is 7.80. The minimum absolute atomic E-state index is 0.317. The summed E-state index contributed by atoms with van der Waals surface area (Å²) in [6, 6.07) is 7.00. The number of anilines is 1. The predicted molar refractivity (Wildman–Crippen MR) is 143 cm³/mol. The van der Waals surface area contributed by atoms with Crippen LogP contribution in [-0.4, -0.2) is 83.3 Å². The second kappa shape index (κ2) is 9.48. The fraction of sp³-hybridized carbons (Fsp3) is 0.481. The van der Waals surface area contributed by atoms with Crippen LogP contribution in [0.15, 0.2) is 30.5 Å². The number of thiophene rings is 1. The highest BCUT2D eigenvalue weighted by atomic mass is 32.1. The molecule has 0 amide bonds. The van der Waals surface area contributed by atoms with E-state index >= 15 is 0 Å². The Labute approximate surface area is 222 Å². The van der Waals surface area contributed by atoms with Gasteiger partial charge in [-0.05, 0) is 37.1 Å². The van der Waals surface area contributed by atoms with Crippen molar-refractivity contribution >= 4 is 38.3 Å². The maximum absolute atomic E-state index is 13.8. The predicted octanol–water partition coefficient (Wildman–Crippen LogP) is 4.98. The highest BCUT2D eigenvalue weighted by Crippen LogP contribution is 2.39. The molecular weight excluding hydrogens is 513 g/mol. The molecule has 3 aliphatic rings. The van der Waals surface area contributed by atoms with Crippen LogP contribution >= 0.6 is 11.3 Å². The summed E-state index contributed by atoms with van der Waals surface area (Å²) in [5.41, 5.74) is 0.879. The number of hydrogen-bond donors (Lipinski definition) is 1. The zero-order valence-electron chi connectivity index (χ0n) is 20.9. The average molecular weight is 543 g/mol. The molecule has 3 aromatic heterocycles. The summed E-state index contributed by atoms with van der Waals surface area (Å²) in [4.78, 5) is 21.2. The van der Waals surface area contributed by atoms with Crippen LogP contribution in [0.4, 0.5) is 19.0 Å². The Bertz CT molecular complexity index is 1470. The largest absolute Gasteiger partial charge is 0.416 e. The van der Waals surface area contributed by atoms with Crippen molar-refractivity contribution in [1.82, 2.24) is 24.8 Å². The van der Waals surface area contributed by atoms with Gasteiger partial charge in [0.1, 0.15) is 0 Å². The highest BCUT2D eigenvalue weighted by Gasteiger charge is 2.33. The molecule has 5 heterocycles. The van der Waals surface area contributed by atoms with Crippen molar-refractivity contribution in [3.63, 3.8) is 0 Å². The molecule has 3 fully saturated rings. The molecule has 1 N–H and O–H groups in total. The third kappa shape index (κ3) is 4.66. The van der Waals surface area contributed by atoms with Crippen molar-refractivity contribution in [3.8, 4) is 11.4 Å². The van der Waals surface area contributed by atoms with Gasteiger partial charge < -0.3 is 14.6 Å². The Hall–Kier alpha value is -2.73. The van der Waals surface area contributed by atoms with Crippen LogP contribution in [0.2, 0.25) is 0 Å². The molecule has 0 radical (unpaired) electrons. The monoisotopic (exact) mass is 542 g/mol. The first-order valence-corrected chi connectivity index (χ1v) is 14.0. The molecule has 1 saturated carbocycles. The fourth-order valence-corrected chi connectivity index (χ4v) is 6.77. The topological polar surface area (TPSA) is 60.5 Å². The molecular formula is C27H29F3N6OS. The summed E-state index contributed by atoms with van der Waals surface area (Å²) in [5.74, 6) is 1.10. The Morgan fingerprint density at radius 2 is 1.79 bits per heavy atom. The van der Waals surface area contributed by atoms with Gasteiger partial charge in [-0.25, -0.2) is 9.97 Å². The smallest absolute Gasteiger partial charge is 0.378 e. The van der Waals surface area contributed by atoms with Crippen molar-refractivity contribution in [2.75, 3.05) is 57.4 Å². The van der Waals surface area contributed by atoms with E-state index in [1.165, 1.54) is 23.8 Å². The second-order valence-corrected chi connectivity index (χ2v) is 11.5. The molecule has 7 nitrogen and oxygen atoms in total. The zero-order chi connectivity index (χ0) is 25.9. The van der Waals surface area contributed by atoms with E-state index in [2.05, 4.69) is 25.8 Å². The number of benzene rings is 1. The van der Waals surface area contributed by atoms with Crippen molar-refractivity contribution in [2.45, 2.75) is 31.6 Å². The number of fused-ring (bicyclic) bond motifs is 2. The lowest BCUT2D eigenvalue weighted by molar-refractivity contribution is -0.137. The van der Waals surface area contributed by atoms with Crippen LogP contribution in [0, 0.1) is 0 Å². The number of nitrogens with one attached hydrogen (secondary N) is 1. The van der Waals surface area contributed by atoms with E-state index in [9.17, 15) is 13.2 Å². The molecule has 2 saturated heterocycles. The summed E-state index contributed by atoms with van der Waals surface area (Å²) >= 11 is 1.70. The third-order valence-corrected chi connectivity index (χ3v) is 8.91. The normalized spacial score (nSPS) is 20.1. The van der Waals surface area contributed by atoms with Gasteiger partial charge in [0, 0.05) is 79.4 Å². The fourth-order valence-electron chi connectivity index (χ4n) is 5.61. The Kier molecular flexibility index (Phi) is 6.06. The van der Waals surface area contributed by atoms with Crippen molar-refractivity contribution in [3.05, 3.63) is 40.9 Å². The Balaban J connectivity index is 1.28. The van der Waals surface area contributed by atoms with Gasteiger partial charge in [0.05, 0.1) is 29.0 Å². The number of halogens is 3. The van der Waals surface area contributed by atoms with E-state index in [4.69, 9.17) is 14.7 Å². The summed E-state index contributed by atoms with van der Waals surface area (Å²) in [5, 5.41) is 0.675. The Morgan fingerprint density at radius 3 is 2.53 bits per heavy atom. The van der Waals surface area contributed by atoms with Crippen LogP contribution in [0.1, 0.15) is 23.3 Å². The van der Waals surface area contributed by atoms with Gasteiger partial charge in [-0.15, -0.1) is 11.3 Å². The van der Waals surface area contributed by atoms with Gasteiger partial charge in [-0.3, -0.25) is 9.80 Å². The molecule has 200 valence electrons. The number of piperazine rings is 1. The SMILES string of the molecule is FC(F)(F)c1cc(-c2nc(N3CCOCC3)c3sc(CN4CCN(C5CC5)CC4)cc3n2)c2cc[nH]c2c1. The highest BCUT2D eigenvalue weighted by molar-refractivity contribution is 7.19. The van der Waals surface area contributed by atoms with Gasteiger partial charge in [0.2, 0.25) is 0 Å². The minimum Gasteiger partial charge on any atom is -0.378 e. The number of rotatable bonds is 5. The number of nitrogens with zero attached hydrogens (tertiary/aromatic N) is 5. The number of aromatic nitrogens is 3. The van der Waals surface area contributed by atoms with E-state index in [0.29, 0.717) is 48.6 Å². The lowest BCUT2D eigenvalue weighted by Crippen LogP contribution is -2.46. The average Bonchev–Trinajstić information content (AvgIpc) is 3.51. The maximum atomic E-state index is 13.8. The van der Waals surface area contributed by atoms with Gasteiger partial charge >= 0.3 is 6.18 Å². The second-order valence-electron chi connectivity index (χ2n) is 10.4. The van der Waals surface area contributed by atoms with E-state index < -0.39 is 11.7 Å². The van der Waals surface area contributed by atoms with Gasteiger partial charge in [0.15, 0.2) is 11.6 Å². The number of aromatic amines is 1. The molecule has 4 aromatic rings. The van der Waals surface area contributed by atoms with Crippen LogP contribution < -0.4 is 4.90 Å². The number of alkyl halides is 3. The van der Waals surface area contributed by atoms with Crippen molar-refractivity contribution in [1.29, 1.82) is 0 Å². The lowest BCUT2D eigenvalue weighted by Gasteiger charge is -2.34. The van der Waals surface area contributed by atoms with Crippen molar-refractivity contribution < 1.29 is 17.9 Å². The molecule has 38 heavy (non-hydrogen) atoms. The molecule has 1 aliphatic carbocycles. The number of morpholine rings is 1. The van der Waals surface area contributed by atoms with Crippen LogP contribution in [0.5, 0.6) is 0 Å². The standard InChI is InChI=1S/C27H29F3N6OS/c28-27(29,30)17-13-21(20-3-4-31-22(20)14-17)25-32-23-15-19(16-34-5-7-35(8-6-34)18-1-2-18)38-24(23)26(33-25)36-9-11-37-12-10-36/h3-4,13-15,18,31H,1-2,5-12,16H2. The first-order chi connectivity index (χ1) is 18.4. The number of ether oxygens (including phenoxy) is 1. The molecule has 2 aliphatic heterocycles. The first kappa shape index (κ1) is 24.3. The molecule has 0 bridgehead atoms. The van der Waals surface area contributed by atoms with Gasteiger partial charge in [-0.1, -0.05) is 0 Å². The molecule has 1 aromatic carbocycles.